The molecule has 3 N–H and O–H groups in total. The fourth-order valence-electron chi connectivity index (χ4n) is 11.0. The Morgan fingerprint density at radius 3 is 0.826 bits per heavy atom. The maximum absolute atomic E-state index is 13.1. The Morgan fingerprint density at radius 2 is 0.554 bits per heavy atom. The summed E-state index contributed by atoms with van der Waals surface area (Å²) in [5.74, 6) is 0.131. The Kier molecular flexibility index (Phi) is 62.4. The molecule has 0 aromatic carbocycles. The fourth-order valence-corrected chi connectivity index (χ4v) is 12.6. The molecule has 3 unspecified atom stereocenters. The van der Waals surface area contributed by atoms with Gasteiger partial charge in [0.25, 0.3) is 0 Å². The zero-order chi connectivity index (χ0) is 68.0. The molecule has 6 atom stereocenters. The summed E-state index contributed by atoms with van der Waals surface area (Å²) in [6.45, 7) is 11.8. The Balaban J connectivity index is 5.26. The summed E-state index contributed by atoms with van der Waals surface area (Å²) in [6.07, 6.45) is 48.5. The minimum Gasteiger partial charge on any atom is -0.462 e. The second-order valence-corrected chi connectivity index (χ2v) is 30.4. The number of hydrogen-bond donors (Lipinski definition) is 3. The molecule has 0 amide bonds. The van der Waals surface area contributed by atoms with Gasteiger partial charge in [0.15, 0.2) is 12.2 Å². The highest BCUT2D eigenvalue weighted by Crippen LogP contribution is 2.45. The van der Waals surface area contributed by atoms with Crippen LogP contribution < -0.4 is 0 Å². The van der Waals surface area contributed by atoms with Gasteiger partial charge in [-0.3, -0.25) is 37.3 Å². The van der Waals surface area contributed by atoms with E-state index in [1.165, 1.54) is 180 Å². The van der Waals surface area contributed by atoms with Crippen molar-refractivity contribution in [3.63, 3.8) is 0 Å². The van der Waals surface area contributed by atoms with Crippen LogP contribution in [0.15, 0.2) is 0 Å². The first-order valence-electron chi connectivity index (χ1n) is 37.9. The quantitative estimate of drug-likeness (QED) is 0.0222. The third-order valence-corrected chi connectivity index (χ3v) is 19.1. The van der Waals surface area contributed by atoms with Crippen LogP contribution in [0.5, 0.6) is 0 Å². The smallest absolute Gasteiger partial charge is 0.462 e. The number of rotatable bonds is 71. The van der Waals surface area contributed by atoms with Gasteiger partial charge >= 0.3 is 39.5 Å². The topological polar surface area (TPSA) is 237 Å². The molecule has 19 heteroatoms. The monoisotopic (exact) mass is 1350 g/mol. The number of carbonyl (C=O) groups is 4. The van der Waals surface area contributed by atoms with Crippen LogP contribution in [0.1, 0.15) is 370 Å². The molecule has 0 saturated carbocycles. The van der Waals surface area contributed by atoms with E-state index in [4.69, 9.17) is 37.0 Å². The molecule has 0 aromatic heterocycles. The van der Waals surface area contributed by atoms with E-state index in [1.807, 2.05) is 0 Å². The Hall–Kier alpha value is -1.94. The molecule has 546 valence electrons. The maximum Gasteiger partial charge on any atom is 0.472 e. The molecule has 0 aliphatic carbocycles. The van der Waals surface area contributed by atoms with Gasteiger partial charge in [0.1, 0.15) is 19.3 Å². The lowest BCUT2D eigenvalue weighted by atomic mass is 9.99. The minimum absolute atomic E-state index is 0.104. The largest absolute Gasteiger partial charge is 0.472 e. The number of unbranched alkanes of at least 4 members (excludes halogenated alkanes) is 38. The number of phosphoric acid groups is 2. The molecule has 0 radical (unpaired) electrons. The first-order chi connectivity index (χ1) is 44.3. The average molecular weight is 1350 g/mol. The van der Waals surface area contributed by atoms with Crippen LogP contribution in [0.3, 0.4) is 0 Å². The molecule has 0 fully saturated rings. The van der Waals surface area contributed by atoms with E-state index in [2.05, 4.69) is 48.5 Å². The van der Waals surface area contributed by atoms with Crippen LogP contribution in [-0.2, 0) is 65.4 Å². The van der Waals surface area contributed by atoms with Crippen LogP contribution in [0, 0.1) is 17.8 Å². The number of carbonyl (C=O) groups excluding carboxylic acids is 4. The Bertz CT molecular complexity index is 1800. The van der Waals surface area contributed by atoms with Crippen molar-refractivity contribution in [3.05, 3.63) is 0 Å². The maximum atomic E-state index is 13.1. The van der Waals surface area contributed by atoms with E-state index in [0.29, 0.717) is 25.7 Å². The van der Waals surface area contributed by atoms with Gasteiger partial charge in [-0.25, -0.2) is 9.13 Å². The second kappa shape index (κ2) is 63.8. The number of esters is 4. The van der Waals surface area contributed by atoms with Crippen molar-refractivity contribution in [1.82, 2.24) is 0 Å². The number of aliphatic hydroxyl groups is 1. The second-order valence-electron chi connectivity index (χ2n) is 27.5. The summed E-state index contributed by atoms with van der Waals surface area (Å²) >= 11 is 0. The van der Waals surface area contributed by atoms with Crippen molar-refractivity contribution in [1.29, 1.82) is 0 Å². The van der Waals surface area contributed by atoms with E-state index in [9.17, 15) is 43.2 Å². The van der Waals surface area contributed by atoms with Crippen LogP contribution in [0.25, 0.3) is 0 Å². The molecule has 0 bridgehead atoms. The number of aliphatic hydroxyl groups excluding tert-OH is 1. The summed E-state index contributed by atoms with van der Waals surface area (Å²) in [6, 6.07) is 0. The molecule has 17 nitrogen and oxygen atoms in total. The zero-order valence-corrected chi connectivity index (χ0v) is 61.8. The first-order valence-corrected chi connectivity index (χ1v) is 40.9. The third-order valence-electron chi connectivity index (χ3n) is 17.2. The molecular weight excluding hydrogens is 1210 g/mol. The number of ether oxygens (including phenoxy) is 4. The third kappa shape index (κ3) is 65.4. The molecule has 0 rings (SSSR count). The van der Waals surface area contributed by atoms with Gasteiger partial charge < -0.3 is 33.8 Å². The van der Waals surface area contributed by atoms with Crippen molar-refractivity contribution >= 4 is 39.5 Å². The summed E-state index contributed by atoms with van der Waals surface area (Å²) in [5, 5.41) is 10.6. The van der Waals surface area contributed by atoms with Gasteiger partial charge in [-0.1, -0.05) is 318 Å². The highest BCUT2D eigenvalue weighted by molar-refractivity contribution is 7.47. The van der Waals surface area contributed by atoms with E-state index in [-0.39, 0.29) is 25.7 Å². The minimum atomic E-state index is -4.96. The first kappa shape index (κ1) is 90.1. The molecule has 0 aliphatic heterocycles. The van der Waals surface area contributed by atoms with Gasteiger partial charge in [0.2, 0.25) is 0 Å². The number of hydrogen-bond acceptors (Lipinski definition) is 15. The lowest BCUT2D eigenvalue weighted by molar-refractivity contribution is -0.161. The van der Waals surface area contributed by atoms with E-state index in [0.717, 1.165) is 108 Å². The molecule has 0 saturated heterocycles. The van der Waals surface area contributed by atoms with Crippen LogP contribution >= 0.6 is 15.6 Å². The highest BCUT2D eigenvalue weighted by Gasteiger charge is 2.30. The van der Waals surface area contributed by atoms with Crippen LogP contribution in [-0.4, -0.2) is 96.7 Å². The van der Waals surface area contributed by atoms with Gasteiger partial charge in [0, 0.05) is 25.7 Å². The summed E-state index contributed by atoms with van der Waals surface area (Å²) in [7, 11) is -9.91. The summed E-state index contributed by atoms with van der Waals surface area (Å²) < 4.78 is 68.4. The lowest BCUT2D eigenvalue weighted by Gasteiger charge is -2.21. The summed E-state index contributed by atoms with van der Waals surface area (Å²) in [4.78, 5) is 72.7. The van der Waals surface area contributed by atoms with Crippen molar-refractivity contribution in [2.24, 2.45) is 17.8 Å². The predicted molar refractivity (Wildman–Crippen MR) is 372 cm³/mol. The van der Waals surface area contributed by atoms with Gasteiger partial charge in [0.05, 0.1) is 26.4 Å². The fraction of sp³-hybridized carbons (Fsp3) is 0.945. The van der Waals surface area contributed by atoms with E-state index < -0.39 is 97.5 Å². The molecule has 0 heterocycles. The predicted octanol–water partition coefficient (Wildman–Crippen LogP) is 21.0. The summed E-state index contributed by atoms with van der Waals surface area (Å²) in [5.41, 5.74) is 0. The van der Waals surface area contributed by atoms with Crippen LogP contribution in [0.4, 0.5) is 0 Å². The molecule has 0 aliphatic rings. The van der Waals surface area contributed by atoms with Crippen molar-refractivity contribution in [2.75, 3.05) is 39.6 Å². The number of phosphoric ester groups is 2. The Labute approximate surface area is 562 Å². The van der Waals surface area contributed by atoms with Crippen molar-refractivity contribution in [3.8, 4) is 0 Å². The van der Waals surface area contributed by atoms with Gasteiger partial charge in [-0.15, -0.1) is 0 Å². The highest BCUT2D eigenvalue weighted by atomic mass is 31.2. The van der Waals surface area contributed by atoms with Gasteiger partial charge in [-0.2, -0.15) is 0 Å². The Morgan fingerprint density at radius 1 is 0.315 bits per heavy atom. The molecular formula is C73H142O17P2. The zero-order valence-electron chi connectivity index (χ0n) is 60.0. The molecule has 92 heavy (non-hydrogen) atoms. The van der Waals surface area contributed by atoms with Crippen molar-refractivity contribution < 1.29 is 80.2 Å². The molecule has 0 aromatic rings. The average Bonchev–Trinajstić information content (AvgIpc) is 2.36. The molecule has 0 spiro atoms. The van der Waals surface area contributed by atoms with Gasteiger partial charge in [-0.05, 0) is 43.4 Å². The SMILES string of the molecule is CCCCCCCCCCCCCCCCCCC(=O)O[C@H](COC(=O)CCCCCCCCCCCCC(C)CC)COP(=O)(O)OC[C@@H](O)COP(=O)(O)OC[C@@H](COC(=O)CCCCCCCCCCC(C)C)OC(=O)CCCCCCCCCCC(C)C. The standard InChI is InChI=1S/C73H142O17P2/c1-8-10-11-12-13-14-15-16-17-18-19-20-25-35-42-49-56-72(77)89-68(60-83-70(75)54-47-40-33-24-22-21-23-32-39-46-53-66(7)9-2)62-87-91(79,80)85-58-67(74)59-86-92(81,82)88-63-69(90-73(78)57-50-43-36-29-27-31-38-45-52-65(5)6)61-84-71(76)55-48-41-34-28-26-30-37-44-51-64(3)4/h64-69,74H,8-63H2,1-7H3,(H,79,80)(H,81,82)/t66?,67-,68-,69-/m1/s1. The van der Waals surface area contributed by atoms with Crippen molar-refractivity contribution in [2.45, 2.75) is 388 Å². The van der Waals surface area contributed by atoms with E-state index in [1.54, 1.807) is 0 Å². The van der Waals surface area contributed by atoms with Crippen LogP contribution in [0.2, 0.25) is 0 Å². The lowest BCUT2D eigenvalue weighted by Crippen LogP contribution is -2.30. The van der Waals surface area contributed by atoms with E-state index >= 15 is 0 Å². The normalized spacial score (nSPS) is 14.4.